The van der Waals surface area contributed by atoms with Crippen molar-refractivity contribution < 1.29 is 52.5 Å². The smallest absolute Gasteiger partial charge is 0.303 e. The Bertz CT molecular complexity index is 872. The number of hydrogen-bond donors (Lipinski definition) is 1. The Kier molecular flexibility index (Phi) is 9.30. The highest BCUT2D eigenvalue weighted by Gasteiger charge is 2.53. The third-order valence-electron chi connectivity index (χ3n) is 4.25. The lowest BCUT2D eigenvalue weighted by Crippen LogP contribution is -2.63. The Labute approximate surface area is 189 Å². The van der Waals surface area contributed by atoms with Gasteiger partial charge in [-0.3, -0.25) is 24.0 Å². The highest BCUT2D eigenvalue weighted by atomic mass is 16.8. The normalized spacial score (nSPS) is 24.2. The maximum atomic E-state index is 12.4. The molecule has 5 atom stereocenters. The molecular weight excluding hydrogens is 442 g/mol. The van der Waals surface area contributed by atoms with Gasteiger partial charge in [0.15, 0.2) is 18.3 Å². The molecule has 1 heterocycles. The Morgan fingerprint density at radius 2 is 1.33 bits per heavy atom. The summed E-state index contributed by atoms with van der Waals surface area (Å²) in [7, 11) is 0. The van der Waals surface area contributed by atoms with Gasteiger partial charge in [0.2, 0.25) is 6.29 Å². The lowest BCUT2D eigenvalue weighted by Gasteiger charge is -2.43. The minimum Gasteiger partial charge on any atom is -0.463 e. The van der Waals surface area contributed by atoms with Crippen LogP contribution in [-0.2, 0) is 47.7 Å². The second kappa shape index (κ2) is 11.9. The molecule has 0 aliphatic carbocycles. The summed E-state index contributed by atoms with van der Waals surface area (Å²) in [6.07, 6.45) is -6.87. The van der Waals surface area contributed by atoms with Gasteiger partial charge in [0.25, 0.3) is 5.91 Å². The van der Waals surface area contributed by atoms with Gasteiger partial charge >= 0.3 is 23.9 Å². The summed E-state index contributed by atoms with van der Waals surface area (Å²) in [5.74, 6) is -3.62. The first-order valence-electron chi connectivity index (χ1n) is 9.90. The van der Waals surface area contributed by atoms with Crippen LogP contribution in [0, 0.1) is 0 Å². The molecule has 0 radical (unpaired) electrons. The van der Waals surface area contributed by atoms with Crippen LogP contribution < -0.4 is 5.48 Å². The topological polar surface area (TPSA) is 153 Å². The fourth-order valence-corrected chi connectivity index (χ4v) is 3.04. The van der Waals surface area contributed by atoms with E-state index in [1.807, 2.05) is 0 Å². The summed E-state index contributed by atoms with van der Waals surface area (Å²) in [4.78, 5) is 64.2. The number of hydroxylamine groups is 1. The van der Waals surface area contributed by atoms with Crippen LogP contribution in [-0.4, -0.2) is 67.1 Å². The maximum absolute atomic E-state index is 12.4. The van der Waals surface area contributed by atoms with Crippen molar-refractivity contribution in [2.45, 2.75) is 58.4 Å². The zero-order valence-electron chi connectivity index (χ0n) is 18.5. The standard InChI is InChI=1S/C21H25NO11/c1-11(23)28-10-16-17(29-12(2)24)18(30-13(3)25)19(31-14(4)26)21(32-16)33-22-20(27)15-8-6-5-7-9-15/h5-9,16-19,21H,10H2,1-4H3,(H,22,27)/t16-,17-,18+,19-,21+/m1/s1. The van der Waals surface area contributed by atoms with E-state index in [9.17, 15) is 24.0 Å². The van der Waals surface area contributed by atoms with Gasteiger partial charge < -0.3 is 23.7 Å². The van der Waals surface area contributed by atoms with E-state index in [-0.39, 0.29) is 5.56 Å². The molecule has 1 saturated heterocycles. The van der Waals surface area contributed by atoms with Crippen molar-refractivity contribution in [1.82, 2.24) is 5.48 Å². The van der Waals surface area contributed by atoms with Crippen molar-refractivity contribution in [3.05, 3.63) is 35.9 Å². The molecule has 1 fully saturated rings. The van der Waals surface area contributed by atoms with E-state index in [1.54, 1.807) is 18.2 Å². The number of rotatable bonds is 8. The molecule has 0 spiro atoms. The van der Waals surface area contributed by atoms with Gasteiger partial charge in [-0.15, -0.1) is 0 Å². The molecule has 1 aliphatic rings. The molecule has 0 bridgehead atoms. The van der Waals surface area contributed by atoms with Crippen molar-refractivity contribution in [2.24, 2.45) is 0 Å². The fraction of sp³-hybridized carbons (Fsp3) is 0.476. The predicted octanol–water partition coefficient (Wildman–Crippen LogP) is 0.431. The van der Waals surface area contributed by atoms with Crippen LogP contribution >= 0.6 is 0 Å². The molecule has 180 valence electrons. The molecule has 33 heavy (non-hydrogen) atoms. The highest BCUT2D eigenvalue weighted by molar-refractivity contribution is 5.93. The molecule has 1 N–H and O–H groups in total. The average Bonchev–Trinajstić information content (AvgIpc) is 2.73. The van der Waals surface area contributed by atoms with Gasteiger partial charge in [-0.25, -0.2) is 10.3 Å². The maximum Gasteiger partial charge on any atom is 0.303 e. The van der Waals surface area contributed by atoms with Crippen LogP contribution in [0.5, 0.6) is 0 Å². The van der Waals surface area contributed by atoms with Gasteiger partial charge in [0.1, 0.15) is 12.7 Å². The van der Waals surface area contributed by atoms with Gasteiger partial charge in [0.05, 0.1) is 0 Å². The monoisotopic (exact) mass is 467 g/mol. The second-order valence-corrected chi connectivity index (χ2v) is 6.98. The van der Waals surface area contributed by atoms with E-state index in [0.717, 1.165) is 27.7 Å². The molecular formula is C21H25NO11. The molecule has 0 saturated carbocycles. The fourth-order valence-electron chi connectivity index (χ4n) is 3.04. The van der Waals surface area contributed by atoms with Crippen molar-refractivity contribution in [1.29, 1.82) is 0 Å². The van der Waals surface area contributed by atoms with Gasteiger partial charge in [-0.2, -0.15) is 0 Å². The van der Waals surface area contributed by atoms with E-state index in [1.165, 1.54) is 12.1 Å². The molecule has 0 unspecified atom stereocenters. The van der Waals surface area contributed by atoms with Crippen molar-refractivity contribution in [2.75, 3.05) is 6.61 Å². The summed E-state index contributed by atoms with van der Waals surface area (Å²) in [6, 6.07) is 8.07. The SMILES string of the molecule is CC(=O)OC[C@H]1O[C@@H](ONC(=O)c2ccccc2)[C@H](OC(C)=O)[C@@H](OC(C)=O)[C@@H]1OC(C)=O. The number of carbonyl (C=O) groups is 5. The molecule has 12 nitrogen and oxygen atoms in total. The Hall–Kier alpha value is -3.51. The number of esters is 4. The largest absolute Gasteiger partial charge is 0.463 e. The molecule has 0 aromatic heterocycles. The summed E-state index contributed by atoms with van der Waals surface area (Å²) >= 11 is 0. The highest BCUT2D eigenvalue weighted by Crippen LogP contribution is 2.29. The van der Waals surface area contributed by atoms with Crippen LogP contribution in [0.25, 0.3) is 0 Å². The summed E-state index contributed by atoms with van der Waals surface area (Å²) in [6.45, 7) is 4.04. The quantitative estimate of drug-likeness (QED) is 0.322. The Balaban J connectivity index is 2.33. The number of benzene rings is 1. The Morgan fingerprint density at radius 1 is 0.788 bits per heavy atom. The zero-order chi connectivity index (χ0) is 24.5. The lowest BCUT2D eigenvalue weighted by atomic mass is 9.98. The van der Waals surface area contributed by atoms with E-state index in [4.69, 9.17) is 28.5 Å². The lowest BCUT2D eigenvalue weighted by molar-refractivity contribution is -0.317. The third kappa shape index (κ3) is 7.84. The molecule has 12 heteroatoms. The van der Waals surface area contributed by atoms with Crippen LogP contribution in [0.3, 0.4) is 0 Å². The predicted molar refractivity (Wildman–Crippen MR) is 107 cm³/mol. The Morgan fingerprint density at radius 3 is 1.88 bits per heavy atom. The second-order valence-electron chi connectivity index (χ2n) is 6.98. The number of amides is 1. The van der Waals surface area contributed by atoms with E-state index < -0.39 is 67.1 Å². The first-order valence-corrected chi connectivity index (χ1v) is 9.90. The number of carbonyl (C=O) groups excluding carboxylic acids is 5. The summed E-state index contributed by atoms with van der Waals surface area (Å²) in [5.41, 5.74) is 2.44. The third-order valence-corrected chi connectivity index (χ3v) is 4.25. The molecule has 1 amide bonds. The number of hydrogen-bond acceptors (Lipinski definition) is 11. The van der Waals surface area contributed by atoms with Crippen LogP contribution in [0.2, 0.25) is 0 Å². The van der Waals surface area contributed by atoms with Crippen molar-refractivity contribution in [3.8, 4) is 0 Å². The first kappa shape index (κ1) is 25.7. The first-order chi connectivity index (χ1) is 15.6. The molecule has 1 aliphatic heterocycles. The molecule has 1 aromatic rings. The van der Waals surface area contributed by atoms with Gasteiger partial charge in [0, 0.05) is 33.3 Å². The number of ether oxygens (including phenoxy) is 5. The van der Waals surface area contributed by atoms with E-state index in [0.29, 0.717) is 0 Å². The van der Waals surface area contributed by atoms with Crippen LogP contribution in [0.1, 0.15) is 38.1 Å². The minimum absolute atomic E-state index is 0.267. The number of nitrogens with one attached hydrogen (secondary N) is 1. The van der Waals surface area contributed by atoms with Gasteiger partial charge in [-0.1, -0.05) is 18.2 Å². The van der Waals surface area contributed by atoms with Crippen LogP contribution in [0.15, 0.2) is 30.3 Å². The average molecular weight is 467 g/mol. The molecule has 1 aromatic carbocycles. The van der Waals surface area contributed by atoms with Crippen molar-refractivity contribution >= 4 is 29.8 Å². The van der Waals surface area contributed by atoms with E-state index >= 15 is 0 Å². The van der Waals surface area contributed by atoms with Crippen LogP contribution in [0.4, 0.5) is 0 Å². The van der Waals surface area contributed by atoms with Gasteiger partial charge in [-0.05, 0) is 12.1 Å². The van der Waals surface area contributed by atoms with Crippen molar-refractivity contribution in [3.63, 3.8) is 0 Å². The minimum atomic E-state index is -1.52. The van der Waals surface area contributed by atoms with E-state index in [2.05, 4.69) is 5.48 Å². The molecule has 2 rings (SSSR count). The summed E-state index contributed by atoms with van der Waals surface area (Å²) < 4.78 is 26.4. The zero-order valence-corrected chi connectivity index (χ0v) is 18.5. The summed E-state index contributed by atoms with van der Waals surface area (Å²) in [5, 5.41) is 0.